The summed E-state index contributed by atoms with van der Waals surface area (Å²) in [7, 11) is 0. The Hall–Kier alpha value is -1.39. The third kappa shape index (κ3) is 2.96. The first-order valence-electron chi connectivity index (χ1n) is 5.97. The smallest absolute Gasteiger partial charge is 0.140 e. The molecule has 0 N–H and O–H groups in total. The maximum absolute atomic E-state index is 5.75. The topological polar surface area (TPSA) is 22.1 Å². The van der Waals surface area contributed by atoms with Crippen LogP contribution in [0.1, 0.15) is 10.6 Å². The van der Waals surface area contributed by atoms with Gasteiger partial charge in [-0.2, -0.15) is 0 Å². The summed E-state index contributed by atoms with van der Waals surface area (Å²) in [6.45, 7) is 0.521. The lowest BCUT2D eigenvalue weighted by molar-refractivity contribution is 0.306. The van der Waals surface area contributed by atoms with E-state index in [9.17, 15) is 0 Å². The molecule has 3 aromatic rings. The summed E-state index contributed by atoms with van der Waals surface area (Å²) in [5.74, 6) is 0.879. The largest absolute Gasteiger partial charge is 0.486 e. The molecule has 3 rings (SSSR count). The molecule has 0 radical (unpaired) electrons. The van der Waals surface area contributed by atoms with Gasteiger partial charge >= 0.3 is 0 Å². The van der Waals surface area contributed by atoms with E-state index < -0.39 is 0 Å². The molecular weight excluding hydrogens is 322 g/mol. The standard InChI is InChI=1S/C15H12BrNOS/c16-9-11-5-7-12(8-6-11)18-10-15-17-13-3-1-2-4-14(13)19-15/h1-8H,9-10H2. The number of ether oxygens (including phenoxy) is 1. The van der Waals surface area contributed by atoms with Crippen LogP contribution in [-0.2, 0) is 11.9 Å². The number of aromatic nitrogens is 1. The average molecular weight is 334 g/mol. The summed E-state index contributed by atoms with van der Waals surface area (Å²) >= 11 is 5.11. The number of hydrogen-bond acceptors (Lipinski definition) is 3. The summed E-state index contributed by atoms with van der Waals surface area (Å²) in [5.41, 5.74) is 2.29. The average Bonchev–Trinajstić information content (AvgIpc) is 2.88. The molecule has 0 aliphatic rings. The Kier molecular flexibility index (Phi) is 3.80. The van der Waals surface area contributed by atoms with Gasteiger partial charge in [0.1, 0.15) is 17.4 Å². The van der Waals surface area contributed by atoms with Crippen LogP contribution >= 0.6 is 27.3 Å². The van der Waals surface area contributed by atoms with E-state index in [4.69, 9.17) is 4.74 Å². The van der Waals surface area contributed by atoms with Crippen LogP contribution in [-0.4, -0.2) is 4.98 Å². The minimum Gasteiger partial charge on any atom is -0.486 e. The molecule has 0 unspecified atom stereocenters. The van der Waals surface area contributed by atoms with Crippen LogP contribution in [0.3, 0.4) is 0 Å². The number of fused-ring (bicyclic) bond motifs is 1. The molecule has 0 spiro atoms. The van der Waals surface area contributed by atoms with Crippen molar-refractivity contribution in [3.05, 3.63) is 59.1 Å². The van der Waals surface area contributed by atoms with E-state index in [0.717, 1.165) is 21.6 Å². The number of thiazole rings is 1. The van der Waals surface area contributed by atoms with Gasteiger partial charge in [-0.15, -0.1) is 11.3 Å². The first-order valence-corrected chi connectivity index (χ1v) is 7.91. The fourth-order valence-electron chi connectivity index (χ4n) is 1.80. The van der Waals surface area contributed by atoms with E-state index in [1.54, 1.807) is 11.3 Å². The quantitative estimate of drug-likeness (QED) is 0.641. The highest BCUT2D eigenvalue weighted by Crippen LogP contribution is 2.23. The second-order valence-corrected chi connectivity index (χ2v) is 5.82. The van der Waals surface area contributed by atoms with Gasteiger partial charge in [-0.25, -0.2) is 4.98 Å². The van der Waals surface area contributed by atoms with Crippen molar-refractivity contribution in [2.75, 3.05) is 0 Å². The van der Waals surface area contributed by atoms with Gasteiger partial charge in [0, 0.05) is 5.33 Å². The molecule has 96 valence electrons. The van der Waals surface area contributed by atoms with E-state index >= 15 is 0 Å². The molecule has 0 saturated heterocycles. The van der Waals surface area contributed by atoms with Crippen molar-refractivity contribution in [1.82, 2.24) is 4.98 Å². The summed E-state index contributed by atoms with van der Waals surface area (Å²) in [6, 6.07) is 16.2. The van der Waals surface area contributed by atoms with Gasteiger partial charge in [0.05, 0.1) is 10.2 Å². The molecule has 0 saturated carbocycles. The van der Waals surface area contributed by atoms with Crippen LogP contribution in [0.5, 0.6) is 5.75 Å². The fourth-order valence-corrected chi connectivity index (χ4v) is 3.06. The molecule has 1 aromatic heterocycles. The maximum Gasteiger partial charge on any atom is 0.140 e. The molecule has 0 amide bonds. The molecule has 0 fully saturated rings. The molecule has 0 atom stereocenters. The van der Waals surface area contributed by atoms with Crippen LogP contribution in [0.15, 0.2) is 48.5 Å². The predicted octanol–water partition coefficient (Wildman–Crippen LogP) is 4.77. The number of hydrogen-bond donors (Lipinski definition) is 0. The summed E-state index contributed by atoms with van der Waals surface area (Å²) in [6.07, 6.45) is 0. The number of halogens is 1. The van der Waals surface area contributed by atoms with Gasteiger partial charge in [-0.05, 0) is 29.8 Å². The third-order valence-corrected chi connectivity index (χ3v) is 4.44. The van der Waals surface area contributed by atoms with Gasteiger partial charge in [0.15, 0.2) is 0 Å². The number of nitrogens with zero attached hydrogens (tertiary/aromatic N) is 1. The highest BCUT2D eigenvalue weighted by atomic mass is 79.9. The van der Waals surface area contributed by atoms with Crippen LogP contribution in [0.4, 0.5) is 0 Å². The summed E-state index contributed by atoms with van der Waals surface area (Å²) in [5, 5.41) is 1.87. The molecule has 4 heteroatoms. The van der Waals surface area contributed by atoms with E-state index in [1.165, 1.54) is 10.3 Å². The number of rotatable bonds is 4. The Morgan fingerprint density at radius 2 is 1.84 bits per heavy atom. The Bertz CT molecular complexity index is 645. The number of benzene rings is 2. The lowest BCUT2D eigenvalue weighted by Gasteiger charge is -2.04. The molecule has 2 nitrogen and oxygen atoms in total. The highest BCUT2D eigenvalue weighted by molar-refractivity contribution is 9.08. The van der Waals surface area contributed by atoms with Crippen LogP contribution in [0.25, 0.3) is 10.2 Å². The van der Waals surface area contributed by atoms with Gasteiger partial charge in [0.25, 0.3) is 0 Å². The summed E-state index contributed by atoms with van der Waals surface area (Å²) < 4.78 is 6.96. The van der Waals surface area contributed by atoms with Crippen LogP contribution in [0.2, 0.25) is 0 Å². The zero-order chi connectivity index (χ0) is 13.1. The van der Waals surface area contributed by atoms with Crippen LogP contribution in [0, 0.1) is 0 Å². The SMILES string of the molecule is BrCc1ccc(OCc2nc3ccccc3s2)cc1. The first kappa shape index (κ1) is 12.6. The lowest BCUT2D eigenvalue weighted by Crippen LogP contribution is -1.94. The second-order valence-electron chi connectivity index (χ2n) is 4.14. The molecule has 0 aliphatic heterocycles. The highest BCUT2D eigenvalue weighted by Gasteiger charge is 2.03. The Morgan fingerprint density at radius 3 is 2.58 bits per heavy atom. The van der Waals surface area contributed by atoms with Crippen molar-refractivity contribution < 1.29 is 4.74 Å². The Balaban J connectivity index is 1.70. The Morgan fingerprint density at radius 1 is 1.05 bits per heavy atom. The zero-order valence-corrected chi connectivity index (χ0v) is 12.6. The van der Waals surface area contributed by atoms with E-state index in [2.05, 4.69) is 39.1 Å². The van der Waals surface area contributed by atoms with Gasteiger partial charge in [-0.3, -0.25) is 0 Å². The summed E-state index contributed by atoms with van der Waals surface area (Å²) in [4.78, 5) is 4.55. The second kappa shape index (κ2) is 5.72. The van der Waals surface area contributed by atoms with E-state index in [1.807, 2.05) is 30.3 Å². The van der Waals surface area contributed by atoms with E-state index in [-0.39, 0.29) is 0 Å². The van der Waals surface area contributed by atoms with Crippen molar-refractivity contribution in [1.29, 1.82) is 0 Å². The van der Waals surface area contributed by atoms with Gasteiger partial charge < -0.3 is 4.74 Å². The number of para-hydroxylation sites is 1. The molecule has 19 heavy (non-hydrogen) atoms. The molecular formula is C15H12BrNOS. The minimum atomic E-state index is 0.521. The fraction of sp³-hybridized carbons (Fsp3) is 0.133. The minimum absolute atomic E-state index is 0.521. The number of alkyl halides is 1. The zero-order valence-electron chi connectivity index (χ0n) is 10.2. The van der Waals surface area contributed by atoms with Gasteiger partial charge in [-0.1, -0.05) is 40.2 Å². The van der Waals surface area contributed by atoms with E-state index in [0.29, 0.717) is 6.61 Å². The van der Waals surface area contributed by atoms with Crippen molar-refractivity contribution in [3.63, 3.8) is 0 Å². The monoisotopic (exact) mass is 333 g/mol. The van der Waals surface area contributed by atoms with Crippen molar-refractivity contribution in [3.8, 4) is 5.75 Å². The molecule has 0 bridgehead atoms. The molecule has 2 aromatic carbocycles. The van der Waals surface area contributed by atoms with Crippen molar-refractivity contribution in [2.45, 2.75) is 11.9 Å². The molecule has 0 aliphatic carbocycles. The van der Waals surface area contributed by atoms with Crippen molar-refractivity contribution >= 4 is 37.5 Å². The third-order valence-electron chi connectivity index (χ3n) is 2.78. The maximum atomic E-state index is 5.75. The normalized spacial score (nSPS) is 10.8. The lowest BCUT2D eigenvalue weighted by atomic mass is 10.2. The van der Waals surface area contributed by atoms with Crippen molar-refractivity contribution in [2.24, 2.45) is 0 Å². The molecule has 1 heterocycles. The van der Waals surface area contributed by atoms with Gasteiger partial charge in [0.2, 0.25) is 0 Å². The predicted molar refractivity (Wildman–Crippen MR) is 83.0 cm³/mol. The first-order chi connectivity index (χ1) is 9.35. The van der Waals surface area contributed by atoms with Crippen LogP contribution < -0.4 is 4.74 Å². The Labute approximate surface area is 124 Å².